The Morgan fingerprint density at radius 2 is 2.00 bits per heavy atom. The van der Waals surface area contributed by atoms with Crippen molar-refractivity contribution in [3.63, 3.8) is 0 Å². The van der Waals surface area contributed by atoms with Gasteiger partial charge in [0.2, 0.25) is 0 Å². The zero-order valence-electron chi connectivity index (χ0n) is 5.88. The van der Waals surface area contributed by atoms with Gasteiger partial charge in [0.1, 0.15) is 0 Å². The van der Waals surface area contributed by atoms with E-state index in [1.54, 1.807) is 30.4 Å². The van der Waals surface area contributed by atoms with Crippen LogP contribution in [0.4, 0.5) is 0 Å². The summed E-state index contributed by atoms with van der Waals surface area (Å²) in [4.78, 5) is 0. The third-order valence-electron chi connectivity index (χ3n) is 0.876. The van der Waals surface area contributed by atoms with E-state index in [0.717, 1.165) is 5.70 Å². The van der Waals surface area contributed by atoms with Crippen LogP contribution in [0.1, 0.15) is 0 Å². The second-order valence-electron chi connectivity index (χ2n) is 1.60. The second kappa shape index (κ2) is 5.85. The number of nitrogens with two attached hydrogens (primary N) is 1. The van der Waals surface area contributed by atoms with E-state index in [4.69, 9.17) is 5.84 Å². The molecule has 0 rings (SSSR count). The van der Waals surface area contributed by atoms with Crippen LogP contribution < -0.4 is 11.3 Å². The maximum atomic E-state index is 5.15. The molecule has 2 heteroatoms. The normalized spacial score (nSPS) is 11.5. The van der Waals surface area contributed by atoms with E-state index in [2.05, 4.69) is 18.6 Å². The molecule has 0 radical (unpaired) electrons. The SMILES string of the molecule is C=C/C=C\C(=C/C=C)NN. The molecule has 0 aliphatic heterocycles. The summed E-state index contributed by atoms with van der Waals surface area (Å²) in [6.07, 6.45) is 8.68. The minimum atomic E-state index is 0.801. The fourth-order valence-corrected chi connectivity index (χ4v) is 0.450. The zero-order valence-corrected chi connectivity index (χ0v) is 5.88. The molecule has 0 aromatic carbocycles. The van der Waals surface area contributed by atoms with Crippen molar-refractivity contribution in [3.8, 4) is 0 Å². The fraction of sp³-hybridized carbons (Fsp3) is 0. The summed E-state index contributed by atoms with van der Waals surface area (Å²) in [7, 11) is 0. The van der Waals surface area contributed by atoms with Gasteiger partial charge in [-0.15, -0.1) is 0 Å². The topological polar surface area (TPSA) is 38.0 Å². The van der Waals surface area contributed by atoms with Crippen molar-refractivity contribution in [1.29, 1.82) is 0 Å². The summed E-state index contributed by atoms with van der Waals surface area (Å²) in [6, 6.07) is 0. The third-order valence-corrected chi connectivity index (χ3v) is 0.876. The average molecular weight is 136 g/mol. The van der Waals surface area contributed by atoms with E-state index >= 15 is 0 Å². The van der Waals surface area contributed by atoms with E-state index in [1.165, 1.54) is 0 Å². The highest BCUT2D eigenvalue weighted by Crippen LogP contribution is 1.89. The standard InChI is InChI=1S/C8H12N2/c1-3-5-7-8(10-9)6-4-2/h3-7,10H,1-2,9H2/b7-5-,8-6+. The van der Waals surface area contributed by atoms with Crippen LogP contribution >= 0.6 is 0 Å². The van der Waals surface area contributed by atoms with Gasteiger partial charge in [0.05, 0.1) is 0 Å². The van der Waals surface area contributed by atoms with Crippen molar-refractivity contribution in [3.05, 3.63) is 49.2 Å². The molecule has 3 N–H and O–H groups in total. The molecule has 0 aliphatic carbocycles. The van der Waals surface area contributed by atoms with Crippen molar-refractivity contribution in [2.45, 2.75) is 0 Å². The van der Waals surface area contributed by atoms with E-state index in [-0.39, 0.29) is 0 Å². The number of rotatable bonds is 4. The van der Waals surface area contributed by atoms with Crippen LogP contribution in [0.15, 0.2) is 49.2 Å². The summed E-state index contributed by atoms with van der Waals surface area (Å²) >= 11 is 0. The van der Waals surface area contributed by atoms with Crippen molar-refractivity contribution in [1.82, 2.24) is 5.43 Å². The van der Waals surface area contributed by atoms with Crippen LogP contribution in [0.3, 0.4) is 0 Å². The van der Waals surface area contributed by atoms with Gasteiger partial charge in [-0.2, -0.15) is 0 Å². The minimum Gasteiger partial charge on any atom is -0.324 e. The average Bonchev–Trinajstić information content (AvgIpc) is 1.98. The highest BCUT2D eigenvalue weighted by molar-refractivity contribution is 5.22. The van der Waals surface area contributed by atoms with Gasteiger partial charge in [0.25, 0.3) is 0 Å². The van der Waals surface area contributed by atoms with Crippen molar-refractivity contribution >= 4 is 0 Å². The molecule has 0 aromatic rings. The Hall–Kier alpha value is -1.28. The number of hydrazine groups is 1. The maximum absolute atomic E-state index is 5.15. The number of nitrogens with one attached hydrogen (secondary N) is 1. The summed E-state index contributed by atoms with van der Waals surface area (Å²) in [5, 5.41) is 0. The number of hydrogen-bond acceptors (Lipinski definition) is 2. The molecule has 0 aliphatic rings. The lowest BCUT2D eigenvalue weighted by atomic mass is 10.3. The number of hydrogen-bond donors (Lipinski definition) is 2. The van der Waals surface area contributed by atoms with Crippen LogP contribution in [-0.2, 0) is 0 Å². The summed E-state index contributed by atoms with van der Waals surface area (Å²) in [5.74, 6) is 5.15. The van der Waals surface area contributed by atoms with Crippen molar-refractivity contribution < 1.29 is 0 Å². The Bertz CT molecular complexity index is 166. The monoisotopic (exact) mass is 136 g/mol. The Morgan fingerprint density at radius 1 is 1.30 bits per heavy atom. The number of allylic oxidation sites excluding steroid dienone is 5. The van der Waals surface area contributed by atoms with E-state index in [9.17, 15) is 0 Å². The fourth-order valence-electron chi connectivity index (χ4n) is 0.450. The first kappa shape index (κ1) is 8.72. The molecule has 0 bridgehead atoms. The zero-order chi connectivity index (χ0) is 7.82. The molecule has 0 spiro atoms. The minimum absolute atomic E-state index is 0.801. The molecular weight excluding hydrogens is 124 g/mol. The molecule has 0 fully saturated rings. The van der Waals surface area contributed by atoms with Crippen molar-refractivity contribution in [2.24, 2.45) is 5.84 Å². The van der Waals surface area contributed by atoms with Crippen LogP contribution in [-0.4, -0.2) is 0 Å². The molecule has 54 valence electrons. The van der Waals surface area contributed by atoms with Gasteiger partial charge in [-0.25, -0.2) is 0 Å². The molecule has 0 atom stereocenters. The van der Waals surface area contributed by atoms with Crippen LogP contribution in [0.5, 0.6) is 0 Å². The molecule has 0 amide bonds. The summed E-state index contributed by atoms with van der Waals surface area (Å²) < 4.78 is 0. The highest BCUT2D eigenvalue weighted by atomic mass is 15.2. The Kier molecular flexibility index (Phi) is 5.10. The van der Waals surface area contributed by atoms with Crippen LogP contribution in [0.2, 0.25) is 0 Å². The lowest BCUT2D eigenvalue weighted by Gasteiger charge is -1.95. The van der Waals surface area contributed by atoms with Gasteiger partial charge < -0.3 is 5.43 Å². The quantitative estimate of drug-likeness (QED) is 0.347. The molecule has 0 saturated carbocycles. The molecule has 0 aromatic heterocycles. The molecule has 0 heterocycles. The van der Waals surface area contributed by atoms with Gasteiger partial charge in [0.15, 0.2) is 0 Å². The lowest BCUT2D eigenvalue weighted by molar-refractivity contribution is 0.917. The van der Waals surface area contributed by atoms with E-state index in [0.29, 0.717) is 0 Å². The van der Waals surface area contributed by atoms with E-state index < -0.39 is 0 Å². The Labute approximate surface area is 61.4 Å². The van der Waals surface area contributed by atoms with Crippen LogP contribution in [0.25, 0.3) is 0 Å². The van der Waals surface area contributed by atoms with Gasteiger partial charge in [0, 0.05) is 5.70 Å². The third kappa shape index (κ3) is 3.69. The van der Waals surface area contributed by atoms with Crippen LogP contribution in [0, 0.1) is 0 Å². The Balaban J connectivity index is 4.06. The predicted octanol–water partition coefficient (Wildman–Crippen LogP) is 1.26. The molecule has 0 unspecified atom stereocenters. The first-order valence-electron chi connectivity index (χ1n) is 2.93. The summed E-state index contributed by atoms with van der Waals surface area (Å²) in [6.45, 7) is 7.04. The highest BCUT2D eigenvalue weighted by Gasteiger charge is 1.79. The lowest BCUT2D eigenvalue weighted by Crippen LogP contribution is -2.19. The summed E-state index contributed by atoms with van der Waals surface area (Å²) in [5.41, 5.74) is 3.29. The van der Waals surface area contributed by atoms with Gasteiger partial charge in [-0.1, -0.05) is 31.4 Å². The van der Waals surface area contributed by atoms with Crippen molar-refractivity contribution in [2.75, 3.05) is 0 Å². The smallest absolute Gasteiger partial charge is 0.0484 e. The molecule has 0 saturated heterocycles. The molecular formula is C8H12N2. The Morgan fingerprint density at radius 3 is 2.40 bits per heavy atom. The second-order valence-corrected chi connectivity index (χ2v) is 1.60. The van der Waals surface area contributed by atoms with Gasteiger partial charge in [-0.05, 0) is 12.2 Å². The first-order valence-corrected chi connectivity index (χ1v) is 2.93. The largest absolute Gasteiger partial charge is 0.324 e. The maximum Gasteiger partial charge on any atom is 0.0484 e. The first-order chi connectivity index (χ1) is 4.85. The molecule has 2 nitrogen and oxygen atoms in total. The molecule has 10 heavy (non-hydrogen) atoms. The van der Waals surface area contributed by atoms with Gasteiger partial charge in [-0.3, -0.25) is 5.84 Å². The predicted molar refractivity (Wildman–Crippen MR) is 44.9 cm³/mol. The van der Waals surface area contributed by atoms with E-state index in [1.807, 2.05) is 0 Å². The van der Waals surface area contributed by atoms with Gasteiger partial charge >= 0.3 is 0 Å².